The number of carbonyl (C=O) groups is 2. The number of anilines is 1. The van der Waals surface area contributed by atoms with Gasteiger partial charge in [-0.1, -0.05) is 23.1 Å². The van der Waals surface area contributed by atoms with Crippen molar-refractivity contribution in [2.24, 2.45) is 0 Å². The van der Waals surface area contributed by atoms with Crippen molar-refractivity contribution in [3.63, 3.8) is 0 Å². The van der Waals surface area contributed by atoms with Gasteiger partial charge in [0, 0.05) is 0 Å². The maximum Gasteiger partial charge on any atom is 0.350 e. The van der Waals surface area contributed by atoms with E-state index in [1.54, 1.807) is 32.0 Å². The molecule has 3 rings (SSSR count). The van der Waals surface area contributed by atoms with Gasteiger partial charge in [0.05, 0.1) is 24.3 Å². The minimum atomic E-state index is -0.628. The zero-order chi connectivity index (χ0) is 21.7. The highest BCUT2D eigenvalue weighted by molar-refractivity contribution is 7.99. The number of aromatic nitrogens is 3. The number of hydrogen-bond donors (Lipinski definition) is 2. The first kappa shape index (κ1) is 21.3. The Morgan fingerprint density at radius 3 is 2.90 bits per heavy atom. The molecule has 0 saturated carbocycles. The average Bonchev–Trinajstić information content (AvgIpc) is 3.36. The summed E-state index contributed by atoms with van der Waals surface area (Å²) in [6, 6.07) is 4.99. The van der Waals surface area contributed by atoms with Crippen molar-refractivity contribution in [3.05, 3.63) is 44.9 Å². The molecule has 0 spiro atoms. The topological polar surface area (TPSA) is 151 Å². The number of nitrogens with one attached hydrogen (secondary N) is 2. The molecule has 3 heterocycles. The van der Waals surface area contributed by atoms with Crippen LogP contribution in [0.1, 0.15) is 27.9 Å². The summed E-state index contributed by atoms with van der Waals surface area (Å²) < 4.78 is 10.2. The van der Waals surface area contributed by atoms with Crippen molar-refractivity contribution in [2.45, 2.75) is 19.0 Å². The summed E-state index contributed by atoms with van der Waals surface area (Å²) in [7, 11) is 0. The van der Waals surface area contributed by atoms with Gasteiger partial charge in [-0.3, -0.25) is 9.59 Å². The van der Waals surface area contributed by atoms with Crippen molar-refractivity contribution in [2.75, 3.05) is 17.7 Å². The summed E-state index contributed by atoms with van der Waals surface area (Å²) in [4.78, 5) is 47.4. The Kier molecular flexibility index (Phi) is 6.65. The van der Waals surface area contributed by atoms with E-state index in [1.165, 1.54) is 6.26 Å². The van der Waals surface area contributed by atoms with E-state index in [0.29, 0.717) is 10.6 Å². The number of thioether (sulfide) groups is 1. The molecule has 1 amide bonds. The van der Waals surface area contributed by atoms with Crippen LogP contribution in [0.5, 0.6) is 0 Å². The lowest BCUT2D eigenvalue weighted by Gasteiger charge is -2.04. The van der Waals surface area contributed by atoms with E-state index in [0.717, 1.165) is 23.1 Å². The molecule has 3 aromatic heterocycles. The highest BCUT2D eigenvalue weighted by atomic mass is 32.2. The van der Waals surface area contributed by atoms with Crippen molar-refractivity contribution in [3.8, 4) is 17.5 Å². The van der Waals surface area contributed by atoms with Gasteiger partial charge in [-0.25, -0.2) is 14.8 Å². The summed E-state index contributed by atoms with van der Waals surface area (Å²) in [5, 5.41) is 12.2. The standard InChI is InChI=1S/C18H15N5O5S2/c1-3-27-16(26)14-9(2)20-18(30-14)21-12(24)8-29-17-22-13(11-5-4-6-28-11)10(7-19)15(25)23-17/h4-6H,3,8H2,1-2H3,(H,20,21,24)(H,22,23,25). The van der Waals surface area contributed by atoms with Gasteiger partial charge in [0.15, 0.2) is 16.0 Å². The fourth-order valence-electron chi connectivity index (χ4n) is 2.34. The van der Waals surface area contributed by atoms with Gasteiger partial charge in [-0.2, -0.15) is 5.26 Å². The van der Waals surface area contributed by atoms with E-state index < -0.39 is 17.4 Å². The second-order valence-corrected chi connectivity index (χ2v) is 7.64. The van der Waals surface area contributed by atoms with Gasteiger partial charge in [-0.15, -0.1) is 0 Å². The van der Waals surface area contributed by atoms with Gasteiger partial charge in [-0.05, 0) is 26.0 Å². The van der Waals surface area contributed by atoms with Crippen LogP contribution in [0.2, 0.25) is 0 Å². The fourth-order valence-corrected chi connectivity index (χ4v) is 3.88. The number of ether oxygens (including phenoxy) is 1. The van der Waals surface area contributed by atoms with Crippen molar-refractivity contribution in [1.29, 1.82) is 5.26 Å². The Balaban J connectivity index is 1.70. The molecule has 0 aliphatic heterocycles. The molecule has 0 aliphatic rings. The van der Waals surface area contributed by atoms with Crippen LogP contribution in [0, 0.1) is 18.3 Å². The Bertz CT molecular complexity index is 1180. The van der Waals surface area contributed by atoms with Crippen molar-refractivity contribution in [1.82, 2.24) is 15.0 Å². The molecule has 2 N–H and O–H groups in total. The smallest absolute Gasteiger partial charge is 0.350 e. The van der Waals surface area contributed by atoms with Crippen LogP contribution >= 0.6 is 23.1 Å². The van der Waals surface area contributed by atoms with Crippen LogP contribution in [-0.2, 0) is 9.53 Å². The number of H-pyrrole nitrogens is 1. The molecule has 10 nitrogen and oxygen atoms in total. The van der Waals surface area contributed by atoms with Crippen LogP contribution in [0.25, 0.3) is 11.5 Å². The quantitative estimate of drug-likeness (QED) is 0.317. The van der Waals surface area contributed by atoms with Gasteiger partial charge in [0.25, 0.3) is 5.56 Å². The summed E-state index contributed by atoms with van der Waals surface area (Å²) in [6.45, 7) is 3.59. The van der Waals surface area contributed by atoms with E-state index >= 15 is 0 Å². The molecule has 0 bridgehead atoms. The monoisotopic (exact) mass is 445 g/mol. The Morgan fingerprint density at radius 1 is 1.43 bits per heavy atom. The van der Waals surface area contributed by atoms with Crippen LogP contribution in [0.3, 0.4) is 0 Å². The first-order valence-corrected chi connectivity index (χ1v) is 10.4. The predicted molar refractivity (Wildman–Crippen MR) is 109 cm³/mol. The molecular formula is C18H15N5O5S2. The average molecular weight is 445 g/mol. The van der Waals surface area contributed by atoms with Crippen LogP contribution in [0.4, 0.5) is 5.13 Å². The molecule has 30 heavy (non-hydrogen) atoms. The number of aryl methyl sites for hydroxylation is 1. The third-order valence-corrected chi connectivity index (χ3v) is 5.53. The number of furan rings is 1. The maximum absolute atomic E-state index is 12.3. The second kappa shape index (κ2) is 9.38. The van der Waals surface area contributed by atoms with E-state index in [4.69, 9.17) is 9.15 Å². The van der Waals surface area contributed by atoms with E-state index in [-0.39, 0.29) is 39.7 Å². The van der Waals surface area contributed by atoms with E-state index in [1.807, 2.05) is 0 Å². The lowest BCUT2D eigenvalue weighted by atomic mass is 10.2. The van der Waals surface area contributed by atoms with Gasteiger partial charge in [0.1, 0.15) is 22.2 Å². The lowest BCUT2D eigenvalue weighted by Crippen LogP contribution is -2.17. The summed E-state index contributed by atoms with van der Waals surface area (Å²) >= 11 is 1.99. The summed E-state index contributed by atoms with van der Waals surface area (Å²) in [5.41, 5.74) is -0.244. The highest BCUT2D eigenvalue weighted by Gasteiger charge is 2.19. The number of thiazole rings is 1. The van der Waals surface area contributed by atoms with E-state index in [2.05, 4.69) is 20.3 Å². The Morgan fingerprint density at radius 2 is 2.23 bits per heavy atom. The zero-order valence-electron chi connectivity index (χ0n) is 15.8. The molecule has 0 aromatic carbocycles. The number of amides is 1. The zero-order valence-corrected chi connectivity index (χ0v) is 17.5. The van der Waals surface area contributed by atoms with Crippen LogP contribution in [-0.4, -0.2) is 39.2 Å². The van der Waals surface area contributed by atoms with Gasteiger partial charge < -0.3 is 19.5 Å². The highest BCUT2D eigenvalue weighted by Crippen LogP contribution is 2.25. The Labute approximate surface area is 178 Å². The molecule has 0 aliphatic carbocycles. The number of carbonyl (C=O) groups excluding carboxylic acids is 2. The van der Waals surface area contributed by atoms with Gasteiger partial charge >= 0.3 is 5.97 Å². The molecule has 0 atom stereocenters. The summed E-state index contributed by atoms with van der Waals surface area (Å²) in [5.74, 6) is -0.712. The molecule has 0 radical (unpaired) electrons. The summed E-state index contributed by atoms with van der Waals surface area (Å²) in [6.07, 6.45) is 1.40. The number of nitriles is 1. The largest absolute Gasteiger partial charge is 0.463 e. The maximum atomic E-state index is 12.3. The minimum absolute atomic E-state index is 0.0835. The SMILES string of the molecule is CCOC(=O)c1sc(NC(=O)CSc2nc(-c3ccco3)c(C#N)c(=O)[nH]2)nc1C. The molecule has 12 heteroatoms. The number of esters is 1. The van der Waals surface area contributed by atoms with Crippen LogP contribution < -0.4 is 10.9 Å². The number of nitrogens with zero attached hydrogens (tertiary/aromatic N) is 3. The minimum Gasteiger partial charge on any atom is -0.463 e. The van der Waals surface area contributed by atoms with Crippen LogP contribution in [0.15, 0.2) is 32.8 Å². The molecular weight excluding hydrogens is 430 g/mol. The lowest BCUT2D eigenvalue weighted by molar-refractivity contribution is -0.113. The van der Waals surface area contributed by atoms with Crippen molar-refractivity contribution < 1.29 is 18.7 Å². The normalized spacial score (nSPS) is 10.4. The third-order valence-electron chi connectivity index (χ3n) is 3.61. The predicted octanol–water partition coefficient (Wildman–Crippen LogP) is 2.57. The first-order valence-electron chi connectivity index (χ1n) is 8.58. The molecule has 0 saturated heterocycles. The molecule has 0 unspecified atom stereocenters. The van der Waals surface area contributed by atoms with Crippen molar-refractivity contribution >= 4 is 40.1 Å². The third kappa shape index (κ3) is 4.76. The van der Waals surface area contributed by atoms with E-state index in [9.17, 15) is 19.6 Å². The second-order valence-electron chi connectivity index (χ2n) is 5.67. The number of rotatable bonds is 7. The molecule has 0 fully saturated rings. The molecule has 154 valence electrons. The number of aromatic amines is 1. The fraction of sp³-hybridized carbons (Fsp3) is 0.222. The first-order chi connectivity index (χ1) is 14.4. The number of hydrogen-bond acceptors (Lipinski definition) is 10. The van der Waals surface area contributed by atoms with Gasteiger partial charge in [0.2, 0.25) is 5.91 Å². The molecule has 3 aromatic rings. The Hall–Kier alpha value is -3.43.